The summed E-state index contributed by atoms with van der Waals surface area (Å²) in [6, 6.07) is 5.87. The Kier molecular flexibility index (Phi) is 7.34. The van der Waals surface area contributed by atoms with Crippen LogP contribution in [0.15, 0.2) is 39.9 Å². The number of hydrogen-bond donors (Lipinski definition) is 1. The van der Waals surface area contributed by atoms with Gasteiger partial charge in [0.05, 0.1) is 10.5 Å². The second kappa shape index (κ2) is 9.31. The molecule has 1 aromatic carbocycles. The van der Waals surface area contributed by atoms with Gasteiger partial charge in [0.1, 0.15) is 0 Å². The topological polar surface area (TPSA) is 92.8 Å². The number of carbonyl (C=O) groups excluding carboxylic acids is 2. The fourth-order valence-corrected chi connectivity index (χ4v) is 4.36. The summed E-state index contributed by atoms with van der Waals surface area (Å²) in [4.78, 5) is 26.0. The second-order valence-corrected chi connectivity index (χ2v) is 9.20. The Hall–Kier alpha value is -2.23. The molecule has 28 heavy (non-hydrogen) atoms. The van der Waals surface area contributed by atoms with Crippen molar-refractivity contribution in [3.05, 3.63) is 51.7 Å². The first kappa shape index (κ1) is 22.1. The molecule has 0 saturated heterocycles. The standard InChI is InChI=1S/C19H24N2O5S2/c1-13(2)20-28(24,25)16-6-5-14(3)17(9-16)19(23)26-11-18(22)21(4)10-15-7-8-27-12-15/h5-9,12-13,20H,10-11H2,1-4H3. The number of thiophene rings is 1. The summed E-state index contributed by atoms with van der Waals surface area (Å²) in [7, 11) is -2.11. The molecule has 0 unspecified atom stereocenters. The van der Waals surface area contributed by atoms with Crippen molar-refractivity contribution in [2.45, 2.75) is 38.3 Å². The maximum Gasteiger partial charge on any atom is 0.338 e. The normalized spacial score (nSPS) is 11.5. The third-order valence-electron chi connectivity index (χ3n) is 3.88. The van der Waals surface area contributed by atoms with E-state index in [9.17, 15) is 18.0 Å². The van der Waals surface area contributed by atoms with Crippen LogP contribution in [0.4, 0.5) is 0 Å². The molecule has 0 saturated carbocycles. The van der Waals surface area contributed by atoms with Gasteiger partial charge in [-0.3, -0.25) is 4.79 Å². The minimum Gasteiger partial charge on any atom is -0.452 e. The van der Waals surface area contributed by atoms with E-state index in [0.29, 0.717) is 12.1 Å². The van der Waals surface area contributed by atoms with E-state index >= 15 is 0 Å². The lowest BCUT2D eigenvalue weighted by molar-refractivity contribution is -0.133. The number of hydrogen-bond acceptors (Lipinski definition) is 6. The minimum absolute atomic E-state index is 0.0281. The van der Waals surface area contributed by atoms with Crippen LogP contribution in [-0.2, 0) is 26.1 Å². The molecule has 7 nitrogen and oxygen atoms in total. The number of aryl methyl sites for hydroxylation is 1. The summed E-state index contributed by atoms with van der Waals surface area (Å²) in [5.74, 6) is -1.08. The quantitative estimate of drug-likeness (QED) is 0.658. The minimum atomic E-state index is -3.74. The van der Waals surface area contributed by atoms with Crippen molar-refractivity contribution in [3.63, 3.8) is 0 Å². The fourth-order valence-electron chi connectivity index (χ4n) is 2.43. The third-order valence-corrected chi connectivity index (χ3v) is 6.27. The van der Waals surface area contributed by atoms with Crippen LogP contribution >= 0.6 is 11.3 Å². The molecule has 1 aromatic heterocycles. The number of benzene rings is 1. The van der Waals surface area contributed by atoms with Gasteiger partial charge in [0.25, 0.3) is 5.91 Å². The molecule has 0 fully saturated rings. The molecule has 2 aromatic rings. The summed E-state index contributed by atoms with van der Waals surface area (Å²) in [6.07, 6.45) is 0. The number of nitrogens with zero attached hydrogens (tertiary/aromatic N) is 1. The van der Waals surface area contributed by atoms with Crippen LogP contribution in [0.2, 0.25) is 0 Å². The van der Waals surface area contributed by atoms with Gasteiger partial charge in [0, 0.05) is 19.6 Å². The maximum atomic E-state index is 12.4. The Labute approximate surface area is 169 Å². The van der Waals surface area contributed by atoms with E-state index in [4.69, 9.17) is 4.74 Å². The lowest BCUT2D eigenvalue weighted by Gasteiger charge is -2.17. The molecule has 0 aliphatic rings. The summed E-state index contributed by atoms with van der Waals surface area (Å²) in [5, 5.41) is 3.86. The van der Waals surface area contributed by atoms with Crippen molar-refractivity contribution in [3.8, 4) is 0 Å². The number of ether oxygens (including phenoxy) is 1. The van der Waals surface area contributed by atoms with Crippen molar-refractivity contribution in [2.75, 3.05) is 13.7 Å². The average molecular weight is 425 g/mol. The van der Waals surface area contributed by atoms with Crippen molar-refractivity contribution >= 4 is 33.2 Å². The Balaban J connectivity index is 2.05. The number of nitrogens with one attached hydrogen (secondary N) is 1. The van der Waals surface area contributed by atoms with Crippen LogP contribution in [-0.4, -0.2) is 44.9 Å². The highest BCUT2D eigenvalue weighted by Gasteiger charge is 2.20. The molecular weight excluding hydrogens is 400 g/mol. The highest BCUT2D eigenvalue weighted by atomic mass is 32.2. The van der Waals surface area contributed by atoms with E-state index in [1.165, 1.54) is 34.4 Å². The highest BCUT2D eigenvalue weighted by molar-refractivity contribution is 7.89. The van der Waals surface area contributed by atoms with Crippen LogP contribution in [0.5, 0.6) is 0 Å². The molecule has 0 aliphatic carbocycles. The van der Waals surface area contributed by atoms with Crippen molar-refractivity contribution in [1.82, 2.24) is 9.62 Å². The number of amides is 1. The number of sulfonamides is 1. The van der Waals surface area contributed by atoms with E-state index in [1.807, 2.05) is 16.8 Å². The molecule has 0 atom stereocenters. The highest BCUT2D eigenvalue weighted by Crippen LogP contribution is 2.17. The number of carbonyl (C=O) groups is 2. The Morgan fingerprint density at radius 1 is 1.25 bits per heavy atom. The van der Waals surface area contributed by atoms with Crippen LogP contribution in [0.3, 0.4) is 0 Å². The van der Waals surface area contributed by atoms with Gasteiger partial charge in [0.2, 0.25) is 10.0 Å². The van der Waals surface area contributed by atoms with E-state index in [1.54, 1.807) is 27.8 Å². The van der Waals surface area contributed by atoms with Gasteiger partial charge < -0.3 is 9.64 Å². The number of esters is 1. The van der Waals surface area contributed by atoms with Gasteiger partial charge in [-0.25, -0.2) is 17.9 Å². The van der Waals surface area contributed by atoms with E-state index in [2.05, 4.69) is 4.72 Å². The molecule has 1 amide bonds. The van der Waals surface area contributed by atoms with E-state index in [0.717, 1.165) is 5.56 Å². The van der Waals surface area contributed by atoms with Crippen LogP contribution in [0.1, 0.15) is 35.3 Å². The zero-order valence-corrected chi connectivity index (χ0v) is 17.9. The lowest BCUT2D eigenvalue weighted by atomic mass is 10.1. The molecule has 152 valence electrons. The zero-order chi connectivity index (χ0) is 20.9. The Bertz CT molecular complexity index is 937. The van der Waals surface area contributed by atoms with E-state index < -0.39 is 22.6 Å². The molecule has 9 heteroatoms. The summed E-state index contributed by atoms with van der Waals surface area (Å²) < 4.78 is 32.2. The van der Waals surface area contributed by atoms with Crippen LogP contribution in [0.25, 0.3) is 0 Å². The fraction of sp³-hybridized carbons (Fsp3) is 0.368. The Morgan fingerprint density at radius 3 is 2.57 bits per heavy atom. The predicted octanol–water partition coefficient (Wildman–Crippen LogP) is 2.56. The zero-order valence-electron chi connectivity index (χ0n) is 16.3. The monoisotopic (exact) mass is 424 g/mol. The Morgan fingerprint density at radius 2 is 1.96 bits per heavy atom. The molecule has 2 rings (SSSR count). The summed E-state index contributed by atoms with van der Waals surface area (Å²) >= 11 is 1.54. The van der Waals surface area contributed by atoms with Crippen molar-refractivity contribution < 1.29 is 22.7 Å². The summed E-state index contributed by atoms with van der Waals surface area (Å²) in [5.41, 5.74) is 1.67. The van der Waals surface area contributed by atoms with Crippen molar-refractivity contribution in [1.29, 1.82) is 0 Å². The van der Waals surface area contributed by atoms with E-state index in [-0.39, 0.29) is 22.4 Å². The van der Waals surface area contributed by atoms with Gasteiger partial charge in [-0.15, -0.1) is 0 Å². The number of rotatable bonds is 8. The molecule has 0 aliphatic heterocycles. The predicted molar refractivity (Wildman–Crippen MR) is 108 cm³/mol. The van der Waals surface area contributed by atoms with Gasteiger partial charge in [-0.2, -0.15) is 11.3 Å². The van der Waals surface area contributed by atoms with Gasteiger partial charge in [-0.1, -0.05) is 6.07 Å². The first-order chi connectivity index (χ1) is 13.1. The molecule has 0 bridgehead atoms. The van der Waals surface area contributed by atoms with Gasteiger partial charge >= 0.3 is 5.97 Å². The maximum absolute atomic E-state index is 12.4. The molecule has 1 heterocycles. The number of likely N-dealkylation sites (N-methyl/N-ethyl adjacent to an activating group) is 1. The lowest BCUT2D eigenvalue weighted by Crippen LogP contribution is -2.31. The first-order valence-electron chi connectivity index (χ1n) is 8.65. The van der Waals surface area contributed by atoms with Gasteiger partial charge in [-0.05, 0) is 60.9 Å². The van der Waals surface area contributed by atoms with Crippen molar-refractivity contribution in [2.24, 2.45) is 0 Å². The second-order valence-electron chi connectivity index (χ2n) is 6.71. The molecule has 1 N–H and O–H groups in total. The van der Waals surface area contributed by atoms with Crippen LogP contribution in [0, 0.1) is 6.92 Å². The third kappa shape index (κ3) is 5.88. The first-order valence-corrected chi connectivity index (χ1v) is 11.1. The summed E-state index contributed by atoms with van der Waals surface area (Å²) in [6.45, 7) is 5.10. The molecule has 0 spiro atoms. The SMILES string of the molecule is Cc1ccc(S(=O)(=O)NC(C)C)cc1C(=O)OCC(=O)N(C)Cc1ccsc1. The van der Waals surface area contributed by atoms with Crippen LogP contribution < -0.4 is 4.72 Å². The smallest absolute Gasteiger partial charge is 0.338 e. The largest absolute Gasteiger partial charge is 0.452 e. The average Bonchev–Trinajstić information content (AvgIpc) is 3.11. The van der Waals surface area contributed by atoms with Gasteiger partial charge in [0.15, 0.2) is 6.61 Å². The molecule has 0 radical (unpaired) electrons. The molecular formula is C19H24N2O5S2.